The Bertz CT molecular complexity index is 1220. The number of ether oxygens (including phenoxy) is 1. The van der Waals surface area contributed by atoms with Gasteiger partial charge in [0.15, 0.2) is 0 Å². The van der Waals surface area contributed by atoms with E-state index in [1.54, 1.807) is 7.11 Å². The van der Waals surface area contributed by atoms with Crippen molar-refractivity contribution in [2.24, 2.45) is 17.8 Å². The highest BCUT2D eigenvalue weighted by Crippen LogP contribution is 2.25. The van der Waals surface area contributed by atoms with E-state index in [4.69, 9.17) is 4.74 Å². The minimum atomic E-state index is -1.04. The molecule has 3 aromatic rings. The summed E-state index contributed by atoms with van der Waals surface area (Å²) in [7, 11) is 1.58. The van der Waals surface area contributed by atoms with Crippen LogP contribution in [0.3, 0.4) is 0 Å². The van der Waals surface area contributed by atoms with Gasteiger partial charge in [0.25, 0.3) is 0 Å². The molecule has 3 atom stereocenters. The van der Waals surface area contributed by atoms with Crippen molar-refractivity contribution in [2.45, 2.75) is 39.8 Å². The zero-order valence-electron chi connectivity index (χ0n) is 22.3. The quantitative estimate of drug-likeness (QED) is 0.306. The molecule has 7 heteroatoms. The summed E-state index contributed by atoms with van der Waals surface area (Å²) in [5.74, 6) is -2.77. The highest BCUT2D eigenvalue weighted by molar-refractivity contribution is 5.91. The number of hydrogen-bond acceptors (Lipinski definition) is 4. The summed E-state index contributed by atoms with van der Waals surface area (Å²) in [6.45, 7) is 5.65. The molecule has 0 fully saturated rings. The fraction of sp³-hybridized carbons (Fsp3) is 0.323. The molecule has 2 unspecified atom stereocenters. The van der Waals surface area contributed by atoms with E-state index in [1.807, 2.05) is 92.7 Å². The monoisotopic (exact) mass is 516 g/mol. The number of carbonyl (C=O) groups excluding carboxylic acids is 2. The molecule has 0 heterocycles. The third-order valence-electron chi connectivity index (χ3n) is 6.56. The molecule has 3 N–H and O–H groups in total. The molecular weight excluding hydrogens is 480 g/mol. The van der Waals surface area contributed by atoms with E-state index in [1.165, 1.54) is 6.92 Å². The Hall–Kier alpha value is -4.13. The number of rotatable bonds is 12. The van der Waals surface area contributed by atoms with Crippen LogP contribution in [0.1, 0.15) is 44.4 Å². The maximum atomic E-state index is 13.4. The van der Waals surface area contributed by atoms with Crippen LogP contribution in [0.15, 0.2) is 78.9 Å². The van der Waals surface area contributed by atoms with Crippen molar-refractivity contribution in [2.75, 3.05) is 7.11 Å². The van der Waals surface area contributed by atoms with Crippen molar-refractivity contribution in [1.82, 2.24) is 10.6 Å². The molecule has 0 aromatic heterocycles. The number of carboxylic acid groups (broad SMARTS) is 1. The smallest absolute Gasteiger partial charge is 0.307 e. The SMILES string of the molecule is COc1cccc(CNC(=O)C(NC(=O)[C@H](CC(C)C)C(C)C(=O)O)c2ccc(-c3ccccc3)cc2)c1. The van der Waals surface area contributed by atoms with Crippen molar-refractivity contribution >= 4 is 17.8 Å². The van der Waals surface area contributed by atoms with Crippen molar-refractivity contribution < 1.29 is 24.2 Å². The van der Waals surface area contributed by atoms with E-state index in [9.17, 15) is 19.5 Å². The zero-order chi connectivity index (χ0) is 27.7. The van der Waals surface area contributed by atoms with Crippen LogP contribution in [0.4, 0.5) is 0 Å². The molecule has 0 aliphatic rings. The number of aliphatic carboxylic acids is 1. The Morgan fingerprint density at radius 1 is 0.842 bits per heavy atom. The summed E-state index contributed by atoms with van der Waals surface area (Å²) in [4.78, 5) is 38.6. The van der Waals surface area contributed by atoms with Crippen LogP contribution in [-0.4, -0.2) is 30.0 Å². The molecular formula is C31H36N2O5. The summed E-state index contributed by atoms with van der Waals surface area (Å²) in [5.41, 5.74) is 3.47. The second kappa shape index (κ2) is 13.4. The van der Waals surface area contributed by atoms with Crippen molar-refractivity contribution in [3.05, 3.63) is 90.0 Å². The van der Waals surface area contributed by atoms with E-state index in [0.717, 1.165) is 16.7 Å². The highest BCUT2D eigenvalue weighted by atomic mass is 16.5. The van der Waals surface area contributed by atoms with Crippen LogP contribution in [0.2, 0.25) is 0 Å². The van der Waals surface area contributed by atoms with E-state index in [2.05, 4.69) is 10.6 Å². The van der Waals surface area contributed by atoms with Gasteiger partial charge in [0.05, 0.1) is 18.9 Å². The lowest BCUT2D eigenvalue weighted by atomic mass is 9.85. The number of carboxylic acids is 1. The second-order valence-corrected chi connectivity index (χ2v) is 9.86. The van der Waals surface area contributed by atoms with E-state index >= 15 is 0 Å². The Kier molecular flexibility index (Phi) is 10.0. The Morgan fingerprint density at radius 3 is 2.11 bits per heavy atom. The van der Waals surface area contributed by atoms with Crippen LogP contribution < -0.4 is 15.4 Å². The molecule has 0 spiro atoms. The van der Waals surface area contributed by atoms with E-state index in [0.29, 0.717) is 17.7 Å². The van der Waals surface area contributed by atoms with Gasteiger partial charge < -0.3 is 20.5 Å². The van der Waals surface area contributed by atoms with Crippen LogP contribution in [0, 0.1) is 17.8 Å². The first kappa shape index (κ1) is 28.4. The summed E-state index contributed by atoms with van der Waals surface area (Å²) >= 11 is 0. The van der Waals surface area contributed by atoms with Crippen LogP contribution in [-0.2, 0) is 20.9 Å². The van der Waals surface area contributed by atoms with Gasteiger partial charge in [-0.15, -0.1) is 0 Å². The average molecular weight is 517 g/mol. The zero-order valence-corrected chi connectivity index (χ0v) is 22.3. The lowest BCUT2D eigenvalue weighted by Gasteiger charge is -2.26. The van der Waals surface area contributed by atoms with Gasteiger partial charge >= 0.3 is 5.97 Å². The van der Waals surface area contributed by atoms with E-state index < -0.39 is 29.8 Å². The third-order valence-corrected chi connectivity index (χ3v) is 6.56. The van der Waals surface area contributed by atoms with Crippen LogP contribution in [0.25, 0.3) is 11.1 Å². The van der Waals surface area contributed by atoms with Gasteiger partial charge in [-0.2, -0.15) is 0 Å². The topological polar surface area (TPSA) is 105 Å². The fourth-order valence-corrected chi connectivity index (χ4v) is 4.34. The first-order valence-corrected chi connectivity index (χ1v) is 12.8. The Morgan fingerprint density at radius 2 is 1.50 bits per heavy atom. The average Bonchev–Trinajstić information content (AvgIpc) is 2.93. The standard InChI is InChI=1S/C31H36N2O5/c1-20(2)17-27(21(3)31(36)37)29(34)33-28(30(35)32-19-22-9-8-12-26(18-22)38-4)25-15-13-24(14-16-25)23-10-6-5-7-11-23/h5-16,18,20-21,27-28H,17,19H2,1-4H3,(H,32,35)(H,33,34)(H,36,37)/t21?,27-,28?/m1/s1. The summed E-state index contributed by atoms with van der Waals surface area (Å²) in [6, 6.07) is 23.7. The lowest BCUT2D eigenvalue weighted by Crippen LogP contribution is -2.44. The van der Waals surface area contributed by atoms with Crippen LogP contribution >= 0.6 is 0 Å². The van der Waals surface area contributed by atoms with Gasteiger partial charge in [0.2, 0.25) is 11.8 Å². The minimum absolute atomic E-state index is 0.109. The number of nitrogens with one attached hydrogen (secondary N) is 2. The molecule has 0 aliphatic carbocycles. The number of benzene rings is 3. The minimum Gasteiger partial charge on any atom is -0.497 e. The number of amides is 2. The molecule has 38 heavy (non-hydrogen) atoms. The summed E-state index contributed by atoms with van der Waals surface area (Å²) in [5, 5.41) is 15.4. The first-order valence-electron chi connectivity index (χ1n) is 12.8. The predicted octanol–water partition coefficient (Wildman–Crippen LogP) is 5.22. The Labute approximate surface area is 224 Å². The molecule has 2 amide bonds. The van der Waals surface area contributed by atoms with Crippen molar-refractivity contribution in [3.63, 3.8) is 0 Å². The van der Waals surface area contributed by atoms with Gasteiger partial charge in [0, 0.05) is 6.54 Å². The number of methoxy groups -OCH3 is 1. The van der Waals surface area contributed by atoms with Crippen molar-refractivity contribution in [1.29, 1.82) is 0 Å². The predicted molar refractivity (Wildman–Crippen MR) is 147 cm³/mol. The molecule has 3 aromatic carbocycles. The van der Waals surface area contributed by atoms with Gasteiger partial charge in [-0.3, -0.25) is 14.4 Å². The normalized spacial score (nSPS) is 13.3. The molecule has 0 radical (unpaired) electrons. The molecule has 0 saturated carbocycles. The van der Waals surface area contributed by atoms with E-state index in [-0.39, 0.29) is 18.4 Å². The molecule has 200 valence electrons. The van der Waals surface area contributed by atoms with Gasteiger partial charge in [-0.25, -0.2) is 0 Å². The van der Waals surface area contributed by atoms with Crippen LogP contribution in [0.5, 0.6) is 5.75 Å². The van der Waals surface area contributed by atoms with Gasteiger partial charge in [-0.05, 0) is 46.7 Å². The maximum Gasteiger partial charge on any atom is 0.307 e. The van der Waals surface area contributed by atoms with Gasteiger partial charge in [0.1, 0.15) is 11.8 Å². The highest BCUT2D eigenvalue weighted by Gasteiger charge is 2.33. The molecule has 7 nitrogen and oxygen atoms in total. The summed E-state index contributed by atoms with van der Waals surface area (Å²) < 4.78 is 5.26. The van der Waals surface area contributed by atoms with Gasteiger partial charge in [-0.1, -0.05) is 87.5 Å². The fourth-order valence-electron chi connectivity index (χ4n) is 4.34. The molecule has 0 bridgehead atoms. The maximum absolute atomic E-state index is 13.4. The Balaban J connectivity index is 1.87. The number of hydrogen-bond donors (Lipinski definition) is 3. The lowest BCUT2D eigenvalue weighted by molar-refractivity contribution is -0.147. The second-order valence-electron chi connectivity index (χ2n) is 9.86. The number of carbonyl (C=O) groups is 3. The molecule has 3 rings (SSSR count). The third kappa shape index (κ3) is 7.68. The first-order chi connectivity index (χ1) is 18.2. The molecule has 0 saturated heterocycles. The molecule has 0 aliphatic heterocycles. The largest absolute Gasteiger partial charge is 0.497 e. The van der Waals surface area contributed by atoms with Crippen molar-refractivity contribution in [3.8, 4) is 16.9 Å². The summed E-state index contributed by atoms with van der Waals surface area (Å²) in [6.07, 6.45) is 0.393.